The van der Waals surface area contributed by atoms with E-state index in [0.717, 1.165) is 22.6 Å². The zero-order valence-electron chi connectivity index (χ0n) is 18.0. The fraction of sp³-hybridized carbons (Fsp3) is 0.476. The minimum atomic E-state index is -0.476. The molecule has 8 nitrogen and oxygen atoms in total. The summed E-state index contributed by atoms with van der Waals surface area (Å²) in [6, 6.07) is 9.01. The van der Waals surface area contributed by atoms with Crippen LogP contribution in [0.1, 0.15) is 30.8 Å². The number of nitrogens with zero attached hydrogens (tertiary/aromatic N) is 3. The fourth-order valence-corrected chi connectivity index (χ4v) is 4.36. The Hall–Kier alpha value is -1.92. The molecule has 0 unspecified atom stereocenters. The van der Waals surface area contributed by atoms with Gasteiger partial charge < -0.3 is 10.4 Å². The zero-order chi connectivity index (χ0) is 22.4. The predicted molar refractivity (Wildman–Crippen MR) is 115 cm³/mol. The molecule has 1 aliphatic rings. The second kappa shape index (κ2) is 11.1. The molecule has 166 valence electrons. The summed E-state index contributed by atoms with van der Waals surface area (Å²) in [5.41, 5.74) is 9.09. The van der Waals surface area contributed by atoms with Gasteiger partial charge in [0.2, 0.25) is 5.91 Å². The minimum absolute atomic E-state index is 0.0740. The summed E-state index contributed by atoms with van der Waals surface area (Å²) in [5, 5.41) is 21.1. The number of anilines is 1. The van der Waals surface area contributed by atoms with E-state index < -0.39 is 21.3 Å². The molecule has 3 N–H and O–H groups in total. The van der Waals surface area contributed by atoms with Gasteiger partial charge in [0.05, 0.1) is 12.6 Å². The second-order valence-electron chi connectivity index (χ2n) is 7.91. The van der Waals surface area contributed by atoms with E-state index in [-0.39, 0.29) is 30.5 Å². The Labute approximate surface area is 194 Å². The van der Waals surface area contributed by atoms with Crippen molar-refractivity contribution < 1.29 is 35.9 Å². The normalized spacial score (nSPS) is 19.0. The number of aromatic nitrogens is 2. The van der Waals surface area contributed by atoms with Gasteiger partial charge in [0.1, 0.15) is 6.04 Å². The fourth-order valence-electron chi connectivity index (χ4n) is 3.75. The maximum absolute atomic E-state index is 12.8. The number of carbonyl (C=O) groups is 1. The number of ether oxygens (including phenoxy) is 1. The van der Waals surface area contributed by atoms with Crippen LogP contribution in [0, 0.1) is 5.92 Å². The maximum atomic E-state index is 12.8. The Balaban J connectivity index is 1.78. The molecule has 0 saturated heterocycles. The van der Waals surface area contributed by atoms with Gasteiger partial charge in [0, 0.05) is 7.05 Å². The third-order valence-electron chi connectivity index (χ3n) is 5.27. The van der Waals surface area contributed by atoms with Crippen molar-refractivity contribution >= 4 is 17.3 Å². The van der Waals surface area contributed by atoms with Gasteiger partial charge in [-0.3, -0.25) is 4.79 Å². The van der Waals surface area contributed by atoms with Crippen molar-refractivity contribution in [3.63, 3.8) is 0 Å². The van der Waals surface area contributed by atoms with Gasteiger partial charge >= 0.3 is 122 Å². The third kappa shape index (κ3) is 6.08. The van der Waals surface area contributed by atoms with Gasteiger partial charge in [-0.15, -0.1) is 0 Å². The molecule has 10 heteroatoms. The van der Waals surface area contributed by atoms with Crippen LogP contribution in [-0.2, 0) is 24.4 Å². The Morgan fingerprint density at radius 1 is 1.32 bits per heavy atom. The third-order valence-corrected chi connectivity index (χ3v) is 6.10. The molecule has 31 heavy (non-hydrogen) atoms. The number of likely N-dealkylation sites (N-methyl/N-ethyl adjacent to an activating group) is 1. The first-order valence-electron chi connectivity index (χ1n) is 10.2. The number of benzene rings is 1. The van der Waals surface area contributed by atoms with Crippen LogP contribution in [0.15, 0.2) is 30.3 Å². The molecule has 0 fully saturated rings. The van der Waals surface area contributed by atoms with Crippen LogP contribution in [0.2, 0.25) is 0 Å². The monoisotopic (exact) mass is 536 g/mol. The van der Waals surface area contributed by atoms with Gasteiger partial charge in [0.25, 0.3) is 0 Å². The molecular weight excluding hydrogens is 508 g/mol. The van der Waals surface area contributed by atoms with Gasteiger partial charge in [0.15, 0.2) is 0 Å². The number of halogens is 1. The summed E-state index contributed by atoms with van der Waals surface area (Å²) in [7, 11) is 1.92. The van der Waals surface area contributed by atoms with E-state index in [1.54, 1.807) is 0 Å². The van der Waals surface area contributed by atoms with Crippen molar-refractivity contribution in [1.29, 1.82) is 0 Å². The molecule has 3 rings (SSSR count). The van der Waals surface area contributed by atoms with Crippen molar-refractivity contribution in [1.82, 2.24) is 19.0 Å². The first-order valence-corrected chi connectivity index (χ1v) is 12.5. The van der Waals surface area contributed by atoms with Crippen molar-refractivity contribution in [2.75, 3.05) is 18.6 Å². The second-order valence-corrected chi connectivity index (χ2v) is 9.29. The van der Waals surface area contributed by atoms with Crippen LogP contribution in [0.25, 0.3) is 0 Å². The van der Waals surface area contributed by atoms with Gasteiger partial charge in [-0.05, 0) is 12.3 Å². The Kier molecular flexibility index (Phi) is 8.50. The van der Waals surface area contributed by atoms with Crippen LogP contribution in [0.3, 0.4) is 0 Å². The molecule has 0 spiro atoms. The first kappa shape index (κ1) is 23.7. The van der Waals surface area contributed by atoms with E-state index in [1.165, 1.54) is 0 Å². The average Bonchev–Trinajstić information content (AvgIpc) is 2.76. The molecule has 0 bridgehead atoms. The van der Waals surface area contributed by atoms with Crippen LogP contribution in [-0.4, -0.2) is 52.7 Å². The average molecular weight is 536 g/mol. The number of rotatable bonds is 8. The number of aliphatic hydroxyl groups is 1. The molecular formula is C21H28BIN5O3-. The molecule has 2 atom stereocenters. The van der Waals surface area contributed by atoms with Gasteiger partial charge in [-0.25, -0.2) is 0 Å². The van der Waals surface area contributed by atoms with E-state index in [9.17, 15) is 9.90 Å². The summed E-state index contributed by atoms with van der Waals surface area (Å²) in [6.45, 7) is 4.84. The summed E-state index contributed by atoms with van der Waals surface area (Å²) < 4.78 is 9.08. The summed E-state index contributed by atoms with van der Waals surface area (Å²) >= 11 is -0.476. The Morgan fingerprint density at radius 3 is 2.71 bits per heavy atom. The van der Waals surface area contributed by atoms with Crippen molar-refractivity contribution in [3.05, 3.63) is 47.3 Å². The van der Waals surface area contributed by atoms with E-state index in [2.05, 4.69) is 19.0 Å². The van der Waals surface area contributed by atoms with E-state index in [1.807, 2.05) is 56.1 Å². The van der Waals surface area contributed by atoms with E-state index in [4.69, 9.17) is 10.4 Å². The van der Waals surface area contributed by atoms with E-state index in [0.29, 0.717) is 25.3 Å². The summed E-state index contributed by atoms with van der Waals surface area (Å²) in [5.74, 6) is 0.717. The van der Waals surface area contributed by atoms with Crippen LogP contribution >= 0.6 is 0 Å². The zero-order valence-corrected chi connectivity index (χ0v) is 20.2. The number of nitrogens with one attached hydrogen (secondary N) is 2. The molecule has 2 aromatic rings. The Bertz CT molecular complexity index is 884. The summed E-state index contributed by atoms with van der Waals surface area (Å²) in [6.07, 6.45) is 0.555. The molecule has 1 aliphatic heterocycles. The molecule has 0 saturated carbocycles. The van der Waals surface area contributed by atoms with Crippen molar-refractivity contribution in [3.8, 4) is 5.75 Å². The van der Waals surface area contributed by atoms with Crippen molar-refractivity contribution in [2.24, 2.45) is 5.92 Å². The number of amides is 1. The predicted octanol–water partition coefficient (Wildman–Crippen LogP) is -2.27. The van der Waals surface area contributed by atoms with Crippen LogP contribution < -0.4 is 39.7 Å². The van der Waals surface area contributed by atoms with Gasteiger partial charge in [-0.2, -0.15) is 0 Å². The topological polar surface area (TPSA) is 99.6 Å². The number of hydrogen-bond acceptors (Lipinski definition) is 7. The van der Waals surface area contributed by atoms with Crippen LogP contribution in [0.5, 0.6) is 5.75 Å². The summed E-state index contributed by atoms with van der Waals surface area (Å²) in [4.78, 5) is 14.8. The molecule has 0 aliphatic carbocycles. The number of aliphatic hydroxyl groups excluding tert-OH is 1. The van der Waals surface area contributed by atoms with Gasteiger partial charge in [-0.1, -0.05) is 13.8 Å². The molecule has 1 aromatic carbocycles. The number of hydrogen-bond donors (Lipinski definition) is 3. The Morgan fingerprint density at radius 2 is 2.06 bits per heavy atom. The molecule has 2 radical (unpaired) electrons. The van der Waals surface area contributed by atoms with E-state index >= 15 is 0 Å². The molecule has 1 amide bonds. The quantitative estimate of drug-likeness (QED) is 0.199. The number of fused-ring (bicyclic) bond motifs is 1. The van der Waals surface area contributed by atoms with Crippen molar-refractivity contribution in [2.45, 2.75) is 45.5 Å². The SMILES string of the molecule is [B][I-]NCc1ccc(COc2ccc3c(c2)N(C)[C@@H](C(C)C)C(=O)N[C@H](CO)C3)nn1. The van der Waals surface area contributed by atoms with Crippen LogP contribution in [0.4, 0.5) is 5.69 Å². The standard InChI is InChI=1S/C21H28BIN5O3/c1-13(2)20-21(30)25-17(11-29)8-14-4-7-18(9-19(14)28(20)3)31-12-16-6-5-15(26-27-16)10-24-23-22/h4-7,9,13,17,20,24,29H,8,10-12H2,1-3H3,(H,25,30)/q-1/t17-,20-/m0/s1. The first-order chi connectivity index (χ1) is 14.9. The number of carbonyl (C=O) groups excluding carboxylic acids is 1. The molecule has 1 aromatic heterocycles. The molecule has 2 heterocycles.